The molecule has 0 saturated carbocycles. The highest BCUT2D eigenvalue weighted by Gasteiger charge is 2.13. The van der Waals surface area contributed by atoms with Gasteiger partial charge in [-0.3, -0.25) is 4.79 Å². The van der Waals surface area contributed by atoms with Crippen LogP contribution in [0.3, 0.4) is 0 Å². The van der Waals surface area contributed by atoms with Crippen LogP contribution in [0.1, 0.15) is 44.0 Å². The summed E-state index contributed by atoms with van der Waals surface area (Å²) in [5.74, 6) is 1.03. The predicted molar refractivity (Wildman–Crippen MR) is 74.7 cm³/mol. The molecule has 0 bridgehead atoms. The molecule has 1 aromatic carbocycles. The monoisotopic (exact) mass is 251 g/mol. The maximum absolute atomic E-state index is 12.1. The third-order valence-electron chi connectivity index (χ3n) is 2.75. The van der Waals surface area contributed by atoms with E-state index in [0.717, 1.165) is 29.1 Å². The summed E-state index contributed by atoms with van der Waals surface area (Å²) >= 11 is 1.71. The lowest BCUT2D eigenvalue weighted by Gasteiger charge is -2.16. The summed E-state index contributed by atoms with van der Waals surface area (Å²) in [6.07, 6.45) is 1.96. The van der Waals surface area contributed by atoms with Crippen LogP contribution in [-0.2, 0) is 0 Å². The minimum absolute atomic E-state index is 0.0512. The quantitative estimate of drug-likeness (QED) is 0.781. The van der Waals surface area contributed by atoms with Crippen molar-refractivity contribution in [2.45, 2.75) is 44.6 Å². The van der Waals surface area contributed by atoms with Gasteiger partial charge in [0.25, 0.3) is 5.91 Å². The molecule has 3 heteroatoms. The molecule has 2 nitrogen and oxygen atoms in total. The molecule has 0 saturated heterocycles. The van der Waals surface area contributed by atoms with E-state index in [-0.39, 0.29) is 11.9 Å². The molecule has 0 aliphatic carbocycles. The maximum atomic E-state index is 12.1. The Balaban J connectivity index is 2.80. The second-order valence-corrected chi connectivity index (χ2v) is 5.22. The Morgan fingerprint density at radius 2 is 1.88 bits per heavy atom. The molecular formula is C14H21NOS. The van der Waals surface area contributed by atoms with Gasteiger partial charge in [0.1, 0.15) is 0 Å². The average molecular weight is 251 g/mol. The molecule has 0 aromatic heterocycles. The van der Waals surface area contributed by atoms with Crippen molar-refractivity contribution in [2.24, 2.45) is 0 Å². The summed E-state index contributed by atoms with van der Waals surface area (Å²) in [7, 11) is 0. The molecule has 0 spiro atoms. The van der Waals surface area contributed by atoms with Crippen molar-refractivity contribution in [3.8, 4) is 0 Å². The first-order valence-corrected chi connectivity index (χ1v) is 7.24. The standard InChI is InChI=1S/C14H21NOS/c1-4-11(5-2)15-14(16)12-9-7-8-10-13(12)17-6-3/h7-11H,4-6H2,1-3H3,(H,15,16). The molecule has 0 aliphatic heterocycles. The molecule has 1 N–H and O–H groups in total. The van der Waals surface area contributed by atoms with Gasteiger partial charge in [-0.15, -0.1) is 11.8 Å². The van der Waals surface area contributed by atoms with E-state index < -0.39 is 0 Å². The molecule has 17 heavy (non-hydrogen) atoms. The number of carbonyl (C=O) groups excluding carboxylic acids is 1. The Labute approximate surface area is 108 Å². The second kappa shape index (κ2) is 7.38. The topological polar surface area (TPSA) is 29.1 Å². The number of amides is 1. The van der Waals surface area contributed by atoms with E-state index in [1.807, 2.05) is 24.3 Å². The van der Waals surface area contributed by atoms with Gasteiger partial charge < -0.3 is 5.32 Å². The van der Waals surface area contributed by atoms with E-state index in [1.54, 1.807) is 11.8 Å². The van der Waals surface area contributed by atoms with Crippen molar-refractivity contribution in [2.75, 3.05) is 5.75 Å². The van der Waals surface area contributed by atoms with Crippen LogP contribution >= 0.6 is 11.8 Å². The van der Waals surface area contributed by atoms with Gasteiger partial charge >= 0.3 is 0 Å². The fraction of sp³-hybridized carbons (Fsp3) is 0.500. The first kappa shape index (κ1) is 14.1. The second-order valence-electron chi connectivity index (χ2n) is 3.92. The largest absolute Gasteiger partial charge is 0.349 e. The molecule has 0 unspecified atom stereocenters. The summed E-state index contributed by atoms with van der Waals surface area (Å²) in [4.78, 5) is 13.2. The van der Waals surface area contributed by atoms with Crippen molar-refractivity contribution < 1.29 is 4.79 Å². The van der Waals surface area contributed by atoms with Gasteiger partial charge in [0.15, 0.2) is 0 Å². The minimum atomic E-state index is 0.0512. The average Bonchev–Trinajstić information content (AvgIpc) is 2.36. The van der Waals surface area contributed by atoms with Crippen molar-refractivity contribution in [1.29, 1.82) is 0 Å². The predicted octanol–water partition coefficient (Wildman–Crippen LogP) is 3.72. The van der Waals surface area contributed by atoms with Gasteiger partial charge in [-0.1, -0.05) is 32.9 Å². The molecule has 0 fully saturated rings. The molecule has 0 aliphatic rings. The summed E-state index contributed by atoms with van der Waals surface area (Å²) in [6.45, 7) is 6.29. The molecule has 1 aromatic rings. The van der Waals surface area contributed by atoms with Gasteiger partial charge in [-0.2, -0.15) is 0 Å². The van der Waals surface area contributed by atoms with E-state index in [1.165, 1.54) is 0 Å². The van der Waals surface area contributed by atoms with Crippen LogP contribution in [0, 0.1) is 0 Å². The van der Waals surface area contributed by atoms with Gasteiger partial charge in [0.05, 0.1) is 5.56 Å². The van der Waals surface area contributed by atoms with Crippen LogP contribution in [0.2, 0.25) is 0 Å². The van der Waals surface area contributed by atoms with Crippen molar-refractivity contribution in [1.82, 2.24) is 5.32 Å². The summed E-state index contributed by atoms with van der Waals surface area (Å²) in [6, 6.07) is 8.08. The lowest BCUT2D eigenvalue weighted by Crippen LogP contribution is -2.34. The first-order valence-electron chi connectivity index (χ1n) is 6.25. The summed E-state index contributed by atoms with van der Waals surface area (Å²) in [5.41, 5.74) is 0.797. The molecule has 0 heterocycles. The van der Waals surface area contributed by atoms with Crippen LogP contribution in [0.25, 0.3) is 0 Å². The van der Waals surface area contributed by atoms with Crippen molar-refractivity contribution in [3.63, 3.8) is 0 Å². The Morgan fingerprint density at radius 3 is 2.47 bits per heavy atom. The Kier molecular flexibility index (Phi) is 6.12. The molecule has 0 radical (unpaired) electrons. The van der Waals surface area contributed by atoms with Crippen LogP contribution in [-0.4, -0.2) is 17.7 Å². The zero-order valence-electron chi connectivity index (χ0n) is 10.8. The van der Waals surface area contributed by atoms with E-state index in [9.17, 15) is 4.79 Å². The maximum Gasteiger partial charge on any atom is 0.252 e. The normalized spacial score (nSPS) is 10.6. The fourth-order valence-electron chi connectivity index (χ4n) is 1.69. The van der Waals surface area contributed by atoms with E-state index >= 15 is 0 Å². The highest BCUT2D eigenvalue weighted by Crippen LogP contribution is 2.22. The number of rotatable bonds is 6. The van der Waals surface area contributed by atoms with Gasteiger partial charge in [-0.05, 0) is 30.7 Å². The van der Waals surface area contributed by atoms with Gasteiger partial charge in [0.2, 0.25) is 0 Å². The van der Waals surface area contributed by atoms with E-state index in [4.69, 9.17) is 0 Å². The van der Waals surface area contributed by atoms with Gasteiger partial charge in [-0.25, -0.2) is 0 Å². The number of thioether (sulfide) groups is 1. The molecule has 94 valence electrons. The zero-order chi connectivity index (χ0) is 12.7. The van der Waals surface area contributed by atoms with Gasteiger partial charge in [0, 0.05) is 10.9 Å². The summed E-state index contributed by atoms with van der Waals surface area (Å²) < 4.78 is 0. The fourth-order valence-corrected chi connectivity index (χ4v) is 2.49. The van der Waals surface area contributed by atoms with Crippen molar-refractivity contribution >= 4 is 17.7 Å². The lowest BCUT2D eigenvalue weighted by molar-refractivity contribution is 0.0932. The molecule has 1 rings (SSSR count). The highest BCUT2D eigenvalue weighted by atomic mass is 32.2. The van der Waals surface area contributed by atoms with Crippen LogP contribution in [0.5, 0.6) is 0 Å². The number of benzene rings is 1. The number of nitrogens with one attached hydrogen (secondary N) is 1. The highest BCUT2D eigenvalue weighted by molar-refractivity contribution is 7.99. The third-order valence-corrected chi connectivity index (χ3v) is 3.71. The Hall–Kier alpha value is -0.960. The third kappa shape index (κ3) is 4.08. The summed E-state index contributed by atoms with van der Waals surface area (Å²) in [5, 5.41) is 3.08. The molecule has 0 atom stereocenters. The SMILES string of the molecule is CCSc1ccccc1C(=O)NC(CC)CC. The van der Waals surface area contributed by atoms with Crippen LogP contribution < -0.4 is 5.32 Å². The van der Waals surface area contributed by atoms with Crippen LogP contribution in [0.15, 0.2) is 29.2 Å². The Bertz CT molecular complexity index is 361. The number of hydrogen-bond donors (Lipinski definition) is 1. The van der Waals surface area contributed by atoms with E-state index in [2.05, 4.69) is 26.1 Å². The number of carbonyl (C=O) groups is 1. The number of hydrogen-bond acceptors (Lipinski definition) is 2. The zero-order valence-corrected chi connectivity index (χ0v) is 11.6. The Morgan fingerprint density at radius 1 is 1.24 bits per heavy atom. The van der Waals surface area contributed by atoms with Crippen LogP contribution in [0.4, 0.5) is 0 Å². The molecular weight excluding hydrogens is 230 g/mol. The smallest absolute Gasteiger partial charge is 0.252 e. The first-order chi connectivity index (χ1) is 8.22. The molecule has 1 amide bonds. The lowest BCUT2D eigenvalue weighted by atomic mass is 10.1. The van der Waals surface area contributed by atoms with Crippen molar-refractivity contribution in [3.05, 3.63) is 29.8 Å². The minimum Gasteiger partial charge on any atom is -0.349 e. The van der Waals surface area contributed by atoms with E-state index in [0.29, 0.717) is 0 Å².